The van der Waals surface area contributed by atoms with Gasteiger partial charge in [0.25, 0.3) is 0 Å². The van der Waals surface area contributed by atoms with Crippen LogP contribution >= 0.6 is 0 Å². The number of morpholine rings is 1. The molecule has 8 rings (SSSR count). The molecule has 5 heteroatoms. The maximum Gasteiger partial charge on any atom is 0.130 e. The minimum atomic E-state index is -0.306. The van der Waals surface area contributed by atoms with Crippen molar-refractivity contribution in [3.05, 3.63) is 113 Å². The van der Waals surface area contributed by atoms with Crippen LogP contribution in [0.4, 0.5) is 11.4 Å². The number of allylic oxidation sites excluding steroid dienone is 1. The minimum Gasteiger partial charge on any atom is -0.496 e. The molecule has 0 spiro atoms. The Balaban J connectivity index is 1.35. The zero-order valence-corrected chi connectivity index (χ0v) is 26.4. The number of hydrogen-bond acceptors (Lipinski definition) is 5. The number of benzene rings is 5. The van der Waals surface area contributed by atoms with Gasteiger partial charge in [-0.15, -0.1) is 0 Å². The van der Waals surface area contributed by atoms with E-state index < -0.39 is 0 Å². The molecule has 2 heterocycles. The lowest BCUT2D eigenvalue weighted by atomic mass is 9.68. The van der Waals surface area contributed by atoms with Crippen LogP contribution in [-0.2, 0) is 23.0 Å². The fourth-order valence-electron chi connectivity index (χ4n) is 7.95. The second-order valence-corrected chi connectivity index (χ2v) is 12.8. The van der Waals surface area contributed by atoms with E-state index >= 15 is 0 Å². The lowest BCUT2D eigenvalue weighted by Crippen LogP contribution is -2.41. The molecule has 5 aromatic carbocycles. The van der Waals surface area contributed by atoms with Gasteiger partial charge in [-0.25, -0.2) is 0 Å². The Bertz CT molecular complexity index is 1920. The quantitative estimate of drug-likeness (QED) is 0.194. The van der Waals surface area contributed by atoms with Gasteiger partial charge in [-0.3, -0.25) is 0 Å². The van der Waals surface area contributed by atoms with Gasteiger partial charge in [-0.1, -0.05) is 66.7 Å². The van der Waals surface area contributed by atoms with Crippen molar-refractivity contribution < 1.29 is 14.2 Å². The maximum absolute atomic E-state index is 7.08. The molecule has 228 valence electrons. The second kappa shape index (κ2) is 11.1. The average molecular weight is 597 g/mol. The van der Waals surface area contributed by atoms with Crippen molar-refractivity contribution in [1.82, 2.24) is 0 Å². The average Bonchev–Trinajstić information content (AvgIpc) is 3.11. The van der Waals surface area contributed by atoms with E-state index in [9.17, 15) is 0 Å². The molecule has 0 aromatic heterocycles. The summed E-state index contributed by atoms with van der Waals surface area (Å²) in [5.41, 5.74) is 8.78. The van der Waals surface area contributed by atoms with Gasteiger partial charge in [0.05, 0.1) is 25.7 Å². The Morgan fingerprint density at radius 3 is 2.36 bits per heavy atom. The van der Waals surface area contributed by atoms with Crippen molar-refractivity contribution in [2.45, 2.75) is 24.7 Å². The van der Waals surface area contributed by atoms with Crippen molar-refractivity contribution in [2.24, 2.45) is 0 Å². The zero-order valence-electron chi connectivity index (χ0n) is 26.4. The molecule has 1 saturated heterocycles. The Kier molecular flexibility index (Phi) is 6.94. The lowest BCUT2D eigenvalue weighted by molar-refractivity contribution is 0.122. The summed E-state index contributed by atoms with van der Waals surface area (Å²) >= 11 is 0. The highest BCUT2D eigenvalue weighted by Crippen LogP contribution is 2.52. The summed E-state index contributed by atoms with van der Waals surface area (Å²) in [5, 5.41) is 4.76. The first kappa shape index (κ1) is 28.0. The first-order valence-electron chi connectivity index (χ1n) is 16.2. The smallest absolute Gasteiger partial charge is 0.130 e. The molecule has 0 bridgehead atoms. The summed E-state index contributed by atoms with van der Waals surface area (Å²) in [6, 6.07) is 29.0. The van der Waals surface area contributed by atoms with Gasteiger partial charge in [0.2, 0.25) is 0 Å². The van der Waals surface area contributed by atoms with E-state index in [1.54, 1.807) is 7.11 Å². The molecular formula is C40H40N2O3. The Labute approximate surface area is 265 Å². The maximum atomic E-state index is 7.08. The number of fused-ring (bicyclic) bond motifs is 8. The van der Waals surface area contributed by atoms with Crippen molar-refractivity contribution in [2.75, 3.05) is 63.9 Å². The van der Waals surface area contributed by atoms with Crippen molar-refractivity contribution in [1.29, 1.82) is 0 Å². The first-order chi connectivity index (χ1) is 22.1. The molecule has 5 aromatic rings. The summed E-state index contributed by atoms with van der Waals surface area (Å²) in [5.74, 6) is 1.90. The summed E-state index contributed by atoms with van der Waals surface area (Å²) in [7, 11) is 5.97. The molecule has 3 aliphatic rings. The molecule has 0 amide bonds. The highest BCUT2D eigenvalue weighted by atomic mass is 16.5. The van der Waals surface area contributed by atoms with E-state index in [-0.39, 0.29) is 5.41 Å². The largest absolute Gasteiger partial charge is 0.496 e. The van der Waals surface area contributed by atoms with Crippen LogP contribution in [-0.4, -0.2) is 54.1 Å². The highest BCUT2D eigenvalue weighted by Gasteiger charge is 2.42. The normalized spacial score (nSPS) is 19.2. The number of rotatable bonds is 5. The predicted octanol–water partition coefficient (Wildman–Crippen LogP) is 7.78. The van der Waals surface area contributed by atoms with Gasteiger partial charge in [0.15, 0.2) is 0 Å². The van der Waals surface area contributed by atoms with Crippen LogP contribution in [0.3, 0.4) is 0 Å². The van der Waals surface area contributed by atoms with Gasteiger partial charge < -0.3 is 24.0 Å². The fourth-order valence-corrected chi connectivity index (χ4v) is 7.95. The van der Waals surface area contributed by atoms with Crippen molar-refractivity contribution in [3.8, 4) is 11.5 Å². The third-order valence-electron chi connectivity index (χ3n) is 10.2. The van der Waals surface area contributed by atoms with Crippen LogP contribution in [0.15, 0.2) is 84.9 Å². The molecule has 1 aliphatic carbocycles. The Hall–Kier alpha value is -4.48. The van der Waals surface area contributed by atoms with E-state index in [1.165, 1.54) is 44.3 Å². The molecule has 45 heavy (non-hydrogen) atoms. The Morgan fingerprint density at radius 1 is 0.822 bits per heavy atom. The SMILES string of the molecule is COc1cc2c3c(c4c(c2c2cccc(N(C)C)c12)C=CCC4)CC(c1ccccc1)(c1ccc(N2CCOCC2)cc1)CO3. The fraction of sp³-hybridized carbons (Fsp3) is 0.300. The van der Waals surface area contributed by atoms with Gasteiger partial charge >= 0.3 is 0 Å². The third-order valence-corrected chi connectivity index (χ3v) is 10.2. The Morgan fingerprint density at radius 2 is 1.60 bits per heavy atom. The molecular weight excluding hydrogens is 556 g/mol. The van der Waals surface area contributed by atoms with Crippen LogP contribution in [0.5, 0.6) is 11.5 Å². The van der Waals surface area contributed by atoms with Crippen LogP contribution in [0, 0.1) is 0 Å². The minimum absolute atomic E-state index is 0.306. The number of methoxy groups -OCH3 is 1. The molecule has 0 radical (unpaired) electrons. The molecule has 0 saturated carbocycles. The third kappa shape index (κ3) is 4.47. The number of hydrogen-bond donors (Lipinski definition) is 0. The van der Waals surface area contributed by atoms with Gasteiger partial charge in [0, 0.05) is 54.7 Å². The van der Waals surface area contributed by atoms with Crippen molar-refractivity contribution in [3.63, 3.8) is 0 Å². The monoisotopic (exact) mass is 596 g/mol. The molecule has 1 fully saturated rings. The van der Waals surface area contributed by atoms with Gasteiger partial charge in [-0.2, -0.15) is 0 Å². The van der Waals surface area contributed by atoms with E-state index in [2.05, 4.69) is 115 Å². The zero-order chi connectivity index (χ0) is 30.5. The lowest BCUT2D eigenvalue weighted by Gasteiger charge is -2.41. The van der Waals surface area contributed by atoms with Crippen LogP contribution < -0.4 is 19.3 Å². The number of nitrogens with zero attached hydrogens (tertiary/aromatic N) is 2. The van der Waals surface area contributed by atoms with Crippen LogP contribution in [0.2, 0.25) is 0 Å². The highest BCUT2D eigenvalue weighted by molar-refractivity contribution is 6.19. The van der Waals surface area contributed by atoms with Crippen LogP contribution in [0.1, 0.15) is 34.2 Å². The summed E-state index contributed by atoms with van der Waals surface area (Å²) in [6.07, 6.45) is 7.61. The van der Waals surface area contributed by atoms with E-state index in [1.807, 2.05) is 0 Å². The van der Waals surface area contributed by atoms with Gasteiger partial charge in [0.1, 0.15) is 18.1 Å². The summed E-state index contributed by atoms with van der Waals surface area (Å²) in [6.45, 7) is 4.00. The second-order valence-electron chi connectivity index (χ2n) is 12.8. The molecule has 1 atom stereocenters. The molecule has 0 N–H and O–H groups in total. The summed E-state index contributed by atoms with van der Waals surface area (Å²) < 4.78 is 18.8. The standard InChI is InChI=1S/C40H40N2O3/c1-41(2)35-15-9-14-32-37-31-13-8-7-12-30(31)34-25-40(27-10-5-4-6-11-27,26-45-39(34)33(37)24-36(43-3)38(32)35)28-16-18-29(19-17-28)42-20-22-44-23-21-42/h4-6,8-11,13-19,24H,7,12,20-23,25-26H2,1-3H3. The summed E-state index contributed by atoms with van der Waals surface area (Å²) in [4.78, 5) is 4.59. The van der Waals surface area contributed by atoms with Crippen LogP contribution in [0.25, 0.3) is 27.6 Å². The van der Waals surface area contributed by atoms with E-state index in [0.29, 0.717) is 6.61 Å². The van der Waals surface area contributed by atoms with E-state index in [4.69, 9.17) is 14.2 Å². The number of ether oxygens (including phenoxy) is 3. The first-order valence-corrected chi connectivity index (χ1v) is 16.2. The topological polar surface area (TPSA) is 34.2 Å². The molecule has 5 nitrogen and oxygen atoms in total. The molecule has 1 unspecified atom stereocenters. The molecule has 2 aliphatic heterocycles. The van der Waals surface area contributed by atoms with Gasteiger partial charge in [-0.05, 0) is 76.7 Å². The van der Waals surface area contributed by atoms with E-state index in [0.717, 1.165) is 73.5 Å². The predicted molar refractivity (Wildman–Crippen MR) is 186 cm³/mol. The number of anilines is 2. The van der Waals surface area contributed by atoms with Crippen molar-refractivity contribution >= 4 is 39.0 Å².